The van der Waals surface area contributed by atoms with E-state index in [2.05, 4.69) is 15.4 Å². The number of aromatic nitrogens is 3. The number of rotatable bonds is 9. The smallest absolute Gasteiger partial charge is 0.220 e. The Bertz CT molecular complexity index is 1460. The number of carbonyl (C=O) groups is 1. The molecule has 5 aromatic rings. The second-order valence-corrected chi connectivity index (χ2v) is 8.69. The average molecular weight is 483 g/mol. The van der Waals surface area contributed by atoms with Crippen molar-refractivity contribution in [2.24, 2.45) is 0 Å². The highest BCUT2D eigenvalue weighted by molar-refractivity contribution is 5.91. The fourth-order valence-corrected chi connectivity index (χ4v) is 4.35. The summed E-state index contributed by atoms with van der Waals surface area (Å²) >= 11 is 0. The minimum absolute atomic E-state index is 0.0537. The Hall–Kier alpha value is -4.39. The predicted molar refractivity (Wildman–Crippen MR) is 138 cm³/mol. The number of amides is 1. The molecule has 0 aliphatic rings. The molecular weight excluding hydrogens is 455 g/mol. The fraction of sp³-hybridized carbons (Fsp3) is 0.172. The van der Waals surface area contributed by atoms with E-state index < -0.39 is 0 Å². The second-order valence-electron chi connectivity index (χ2n) is 8.69. The molecule has 36 heavy (non-hydrogen) atoms. The SMILES string of the molecule is COc1ccc(-c2[nH]c3ccc(F)cc3c2CCC(=O)NCc2ccc(Cn3cccn3)cc2)cc1. The van der Waals surface area contributed by atoms with Gasteiger partial charge in [0.1, 0.15) is 11.6 Å². The molecule has 6 nitrogen and oxygen atoms in total. The summed E-state index contributed by atoms with van der Waals surface area (Å²) in [5, 5.41) is 8.02. The second kappa shape index (κ2) is 10.5. The lowest BCUT2D eigenvalue weighted by Crippen LogP contribution is -2.23. The van der Waals surface area contributed by atoms with Crippen LogP contribution in [0.4, 0.5) is 4.39 Å². The number of nitrogens with one attached hydrogen (secondary N) is 2. The van der Waals surface area contributed by atoms with Crippen molar-refractivity contribution >= 4 is 16.8 Å². The summed E-state index contributed by atoms with van der Waals surface area (Å²) in [7, 11) is 1.63. The lowest BCUT2D eigenvalue weighted by Gasteiger charge is -2.09. The first-order valence-corrected chi connectivity index (χ1v) is 11.9. The summed E-state index contributed by atoms with van der Waals surface area (Å²) in [5.74, 6) is 0.405. The van der Waals surface area contributed by atoms with Crippen LogP contribution in [0.5, 0.6) is 5.75 Å². The lowest BCUT2D eigenvalue weighted by molar-refractivity contribution is -0.121. The number of carbonyl (C=O) groups excluding carboxylic acids is 1. The molecule has 0 fully saturated rings. The molecule has 182 valence electrons. The van der Waals surface area contributed by atoms with Gasteiger partial charge in [0.05, 0.1) is 13.7 Å². The summed E-state index contributed by atoms with van der Waals surface area (Å²) < 4.78 is 21.2. The van der Waals surface area contributed by atoms with E-state index in [4.69, 9.17) is 4.74 Å². The van der Waals surface area contributed by atoms with Crippen LogP contribution in [0.3, 0.4) is 0 Å². The third-order valence-electron chi connectivity index (χ3n) is 6.27. The van der Waals surface area contributed by atoms with E-state index in [0.717, 1.165) is 44.6 Å². The van der Waals surface area contributed by atoms with Crippen molar-refractivity contribution in [2.45, 2.75) is 25.9 Å². The van der Waals surface area contributed by atoms with Crippen molar-refractivity contribution in [1.29, 1.82) is 0 Å². The largest absolute Gasteiger partial charge is 0.497 e. The Morgan fingerprint density at radius 3 is 2.56 bits per heavy atom. The molecule has 2 heterocycles. The van der Waals surface area contributed by atoms with Gasteiger partial charge in [-0.2, -0.15) is 5.10 Å². The highest BCUT2D eigenvalue weighted by atomic mass is 19.1. The molecule has 0 aliphatic heterocycles. The van der Waals surface area contributed by atoms with E-state index in [1.54, 1.807) is 19.4 Å². The van der Waals surface area contributed by atoms with Gasteiger partial charge in [-0.1, -0.05) is 24.3 Å². The molecule has 3 aromatic carbocycles. The number of aromatic amines is 1. The zero-order valence-electron chi connectivity index (χ0n) is 20.0. The molecule has 5 rings (SSSR count). The van der Waals surface area contributed by atoms with Crippen LogP contribution in [0.2, 0.25) is 0 Å². The highest BCUT2D eigenvalue weighted by Gasteiger charge is 2.15. The van der Waals surface area contributed by atoms with Gasteiger partial charge in [-0.25, -0.2) is 4.39 Å². The number of nitrogens with zero attached hydrogens (tertiary/aromatic N) is 2. The number of hydrogen-bond donors (Lipinski definition) is 2. The van der Waals surface area contributed by atoms with Gasteiger partial charge in [0.2, 0.25) is 5.91 Å². The Balaban J connectivity index is 1.25. The summed E-state index contributed by atoms with van der Waals surface area (Å²) in [6, 6.07) is 22.4. The molecule has 0 saturated carbocycles. The molecular formula is C29H27FN4O2. The highest BCUT2D eigenvalue weighted by Crippen LogP contribution is 2.32. The van der Waals surface area contributed by atoms with Crippen LogP contribution in [-0.2, 0) is 24.3 Å². The predicted octanol–water partition coefficient (Wildman–Crippen LogP) is 5.48. The van der Waals surface area contributed by atoms with Gasteiger partial charge in [-0.15, -0.1) is 0 Å². The van der Waals surface area contributed by atoms with Gasteiger partial charge in [0, 0.05) is 42.0 Å². The molecule has 0 atom stereocenters. The molecule has 0 bridgehead atoms. The molecule has 7 heteroatoms. The normalized spacial score (nSPS) is 11.1. The van der Waals surface area contributed by atoms with Gasteiger partial charge in [-0.05, 0) is 77.2 Å². The van der Waals surface area contributed by atoms with E-state index in [1.165, 1.54) is 12.1 Å². The zero-order valence-corrected chi connectivity index (χ0v) is 20.0. The molecule has 0 aliphatic carbocycles. The fourth-order valence-electron chi connectivity index (χ4n) is 4.35. The van der Waals surface area contributed by atoms with Gasteiger partial charge in [0.25, 0.3) is 0 Å². The topological polar surface area (TPSA) is 71.9 Å². The van der Waals surface area contributed by atoms with Crippen LogP contribution in [0, 0.1) is 5.82 Å². The maximum atomic E-state index is 14.1. The third kappa shape index (κ3) is 5.30. The van der Waals surface area contributed by atoms with E-state index in [1.807, 2.05) is 65.5 Å². The summed E-state index contributed by atoms with van der Waals surface area (Å²) in [6.45, 7) is 1.16. The first-order chi connectivity index (χ1) is 17.6. The van der Waals surface area contributed by atoms with Gasteiger partial charge in [-0.3, -0.25) is 9.48 Å². The van der Waals surface area contributed by atoms with Crippen molar-refractivity contribution in [3.05, 3.63) is 108 Å². The van der Waals surface area contributed by atoms with E-state index in [-0.39, 0.29) is 11.7 Å². The number of methoxy groups -OCH3 is 1. The average Bonchev–Trinajstić information content (AvgIpc) is 3.54. The number of fused-ring (bicyclic) bond motifs is 1. The number of aryl methyl sites for hydroxylation is 1. The maximum Gasteiger partial charge on any atom is 0.220 e. The van der Waals surface area contributed by atoms with Crippen LogP contribution in [-0.4, -0.2) is 27.8 Å². The lowest BCUT2D eigenvalue weighted by atomic mass is 10.0. The van der Waals surface area contributed by atoms with E-state index in [9.17, 15) is 9.18 Å². The van der Waals surface area contributed by atoms with Crippen molar-refractivity contribution < 1.29 is 13.9 Å². The molecule has 0 radical (unpaired) electrons. The number of halogens is 1. The first kappa shape index (κ1) is 23.4. The van der Waals surface area contributed by atoms with Gasteiger partial charge in [0.15, 0.2) is 0 Å². The Labute approximate surface area is 208 Å². The van der Waals surface area contributed by atoms with Crippen LogP contribution in [0.15, 0.2) is 85.2 Å². The monoisotopic (exact) mass is 482 g/mol. The first-order valence-electron chi connectivity index (χ1n) is 11.9. The molecule has 0 saturated heterocycles. The molecule has 2 N–H and O–H groups in total. The van der Waals surface area contributed by atoms with Gasteiger partial charge < -0.3 is 15.0 Å². The third-order valence-corrected chi connectivity index (χ3v) is 6.27. The van der Waals surface area contributed by atoms with Crippen LogP contribution >= 0.6 is 0 Å². The molecule has 0 spiro atoms. The Morgan fingerprint density at radius 1 is 1.06 bits per heavy atom. The van der Waals surface area contributed by atoms with Crippen molar-refractivity contribution in [1.82, 2.24) is 20.1 Å². The summed E-state index contributed by atoms with van der Waals surface area (Å²) in [6.07, 6.45) is 4.47. The van der Waals surface area contributed by atoms with Crippen molar-refractivity contribution in [3.63, 3.8) is 0 Å². The molecule has 1 amide bonds. The minimum Gasteiger partial charge on any atom is -0.497 e. The number of hydrogen-bond acceptors (Lipinski definition) is 3. The number of benzene rings is 3. The Kier molecular flexibility index (Phi) is 6.80. The minimum atomic E-state index is -0.301. The molecule has 0 unspecified atom stereocenters. The van der Waals surface area contributed by atoms with E-state index in [0.29, 0.717) is 25.9 Å². The quantitative estimate of drug-likeness (QED) is 0.292. The standard InChI is InChI=1S/C29H27FN4O2/c1-36-24-10-7-22(8-11-24)29-25(26-17-23(30)9-13-27(26)33-29)12-14-28(35)31-18-20-3-5-21(6-4-20)19-34-16-2-15-32-34/h2-11,13,15-17,33H,12,14,18-19H2,1H3,(H,31,35). The van der Waals surface area contributed by atoms with Crippen LogP contribution in [0.1, 0.15) is 23.1 Å². The Morgan fingerprint density at radius 2 is 1.83 bits per heavy atom. The van der Waals surface area contributed by atoms with Crippen molar-refractivity contribution in [2.75, 3.05) is 7.11 Å². The van der Waals surface area contributed by atoms with Crippen molar-refractivity contribution in [3.8, 4) is 17.0 Å². The zero-order chi connectivity index (χ0) is 24.9. The van der Waals surface area contributed by atoms with Gasteiger partial charge >= 0.3 is 0 Å². The summed E-state index contributed by atoms with van der Waals surface area (Å²) in [5.41, 5.74) is 5.78. The summed E-state index contributed by atoms with van der Waals surface area (Å²) in [4.78, 5) is 16.1. The van der Waals surface area contributed by atoms with E-state index >= 15 is 0 Å². The number of ether oxygens (including phenoxy) is 1. The van der Waals surface area contributed by atoms with Crippen LogP contribution in [0.25, 0.3) is 22.2 Å². The number of H-pyrrole nitrogens is 1. The molecule has 2 aromatic heterocycles. The maximum absolute atomic E-state index is 14.1. The van der Waals surface area contributed by atoms with Crippen LogP contribution < -0.4 is 10.1 Å².